The van der Waals surface area contributed by atoms with Crippen LogP contribution >= 0.6 is 0 Å². The van der Waals surface area contributed by atoms with Crippen LogP contribution in [0.2, 0.25) is 0 Å². The van der Waals surface area contributed by atoms with Crippen LogP contribution in [0.4, 0.5) is 0 Å². The first-order chi connectivity index (χ1) is 19.9. The number of nitrogens with zero attached hydrogens (tertiary/aromatic N) is 2. The van der Waals surface area contributed by atoms with E-state index in [1.165, 1.54) is 65.4 Å². The van der Waals surface area contributed by atoms with Gasteiger partial charge in [0.25, 0.3) is 0 Å². The summed E-state index contributed by atoms with van der Waals surface area (Å²) in [6.45, 7) is 0. The van der Waals surface area contributed by atoms with Gasteiger partial charge in [-0.2, -0.15) is 0 Å². The summed E-state index contributed by atoms with van der Waals surface area (Å²) in [5.41, 5.74) is 10.9. The Labute approximate surface area is 225 Å². The van der Waals surface area contributed by atoms with Crippen molar-refractivity contribution in [3.8, 4) is 0 Å². The molecule has 0 aliphatic heterocycles. The van der Waals surface area contributed by atoms with Gasteiger partial charge in [0, 0.05) is 32.3 Å². The van der Waals surface area contributed by atoms with Crippen molar-refractivity contribution in [2.45, 2.75) is 0 Å². The van der Waals surface area contributed by atoms with Crippen LogP contribution in [-0.4, -0.2) is 8.80 Å². The van der Waals surface area contributed by atoms with E-state index in [1.54, 1.807) is 0 Å². The topological polar surface area (TPSA) is 35.1 Å². The fraction of sp³-hybridized carbons (Fsp3) is 0. The first-order valence-electron chi connectivity index (χ1n) is 13.6. The van der Waals surface area contributed by atoms with Crippen molar-refractivity contribution < 1.29 is 8.83 Å². The second-order valence-electron chi connectivity index (χ2n) is 10.9. The Balaban J connectivity index is 1.53. The van der Waals surface area contributed by atoms with Gasteiger partial charge >= 0.3 is 0 Å². The van der Waals surface area contributed by atoms with Crippen LogP contribution < -0.4 is 0 Å². The van der Waals surface area contributed by atoms with Gasteiger partial charge in [-0.25, -0.2) is 0 Å². The van der Waals surface area contributed by atoms with E-state index in [9.17, 15) is 0 Å². The molecule has 5 heterocycles. The fourth-order valence-corrected chi connectivity index (χ4v) is 7.53. The van der Waals surface area contributed by atoms with Crippen molar-refractivity contribution in [1.29, 1.82) is 0 Å². The highest BCUT2D eigenvalue weighted by atomic mass is 16.3. The van der Waals surface area contributed by atoms with Crippen molar-refractivity contribution in [3.05, 3.63) is 109 Å². The summed E-state index contributed by atoms with van der Waals surface area (Å²) in [4.78, 5) is 0. The van der Waals surface area contributed by atoms with E-state index < -0.39 is 0 Å². The second kappa shape index (κ2) is 6.38. The molecule has 11 aromatic rings. The average molecular weight is 511 g/mol. The SMILES string of the molecule is c1ccc2c(c1)oc1ccc3c4cccc5c4n(c4cccc6c7ccc8oc9ccccc9c8c7n5c64)c3c12. The molecule has 0 bridgehead atoms. The molecule has 0 atom stereocenters. The highest BCUT2D eigenvalue weighted by Gasteiger charge is 2.24. The van der Waals surface area contributed by atoms with Crippen LogP contribution in [-0.2, 0) is 0 Å². The molecular weight excluding hydrogens is 492 g/mol. The fourth-order valence-electron chi connectivity index (χ4n) is 7.53. The molecule has 0 radical (unpaired) electrons. The zero-order valence-electron chi connectivity index (χ0n) is 21.1. The predicted octanol–water partition coefficient (Wildman–Crippen LogP) is 10.0. The Morgan fingerprint density at radius 3 is 1.25 bits per heavy atom. The van der Waals surface area contributed by atoms with E-state index >= 15 is 0 Å². The Hall–Kier alpha value is -5.48. The lowest BCUT2D eigenvalue weighted by atomic mass is 10.1. The minimum Gasteiger partial charge on any atom is -0.456 e. The molecule has 0 fully saturated rings. The van der Waals surface area contributed by atoms with Gasteiger partial charge in [0.2, 0.25) is 0 Å². The molecule has 0 spiro atoms. The lowest BCUT2D eigenvalue weighted by molar-refractivity contribution is 0.669. The number of benzene rings is 6. The highest BCUT2D eigenvalue weighted by molar-refractivity contribution is 6.31. The van der Waals surface area contributed by atoms with Crippen molar-refractivity contribution in [1.82, 2.24) is 8.80 Å². The Kier molecular flexibility index (Phi) is 3.12. The third kappa shape index (κ3) is 2.02. The van der Waals surface area contributed by atoms with E-state index in [1.807, 2.05) is 12.1 Å². The first kappa shape index (κ1) is 19.6. The van der Waals surface area contributed by atoms with Crippen LogP contribution in [0.15, 0.2) is 118 Å². The van der Waals surface area contributed by atoms with Gasteiger partial charge in [0.15, 0.2) is 0 Å². The van der Waals surface area contributed by atoms with Crippen LogP contribution in [0.25, 0.3) is 98.5 Å². The summed E-state index contributed by atoms with van der Waals surface area (Å²) in [7, 11) is 0. The summed E-state index contributed by atoms with van der Waals surface area (Å²) in [5, 5.41) is 9.59. The lowest BCUT2D eigenvalue weighted by Gasteiger charge is -2.11. The molecule has 40 heavy (non-hydrogen) atoms. The van der Waals surface area contributed by atoms with Crippen molar-refractivity contribution in [3.63, 3.8) is 0 Å². The minimum atomic E-state index is 0.916. The van der Waals surface area contributed by atoms with Gasteiger partial charge in [-0.3, -0.25) is 0 Å². The Morgan fingerprint density at radius 2 is 0.750 bits per heavy atom. The molecular formula is C36H18N2O2. The summed E-state index contributed by atoms with van der Waals surface area (Å²) in [5.74, 6) is 0. The van der Waals surface area contributed by atoms with Gasteiger partial charge in [-0.05, 0) is 48.5 Å². The molecule has 0 saturated heterocycles. The molecule has 0 saturated carbocycles. The molecule has 0 aliphatic rings. The number of hydrogen-bond donors (Lipinski definition) is 0. The van der Waals surface area contributed by atoms with Crippen LogP contribution in [0.1, 0.15) is 0 Å². The number of hydrogen-bond acceptors (Lipinski definition) is 2. The zero-order chi connectivity index (χ0) is 25.7. The average Bonchev–Trinajstić information content (AvgIpc) is 3.74. The number of para-hydroxylation sites is 4. The van der Waals surface area contributed by atoms with E-state index in [0.717, 1.165) is 33.1 Å². The molecule has 0 aliphatic carbocycles. The number of aromatic nitrogens is 2. The highest BCUT2D eigenvalue weighted by Crippen LogP contribution is 2.46. The molecule has 0 N–H and O–H groups in total. The van der Waals surface area contributed by atoms with Crippen molar-refractivity contribution in [2.24, 2.45) is 0 Å². The largest absolute Gasteiger partial charge is 0.456 e. The van der Waals surface area contributed by atoms with Gasteiger partial charge in [-0.15, -0.1) is 0 Å². The molecule has 0 unspecified atom stereocenters. The van der Waals surface area contributed by atoms with Gasteiger partial charge in [-0.1, -0.05) is 60.7 Å². The maximum atomic E-state index is 6.35. The van der Waals surface area contributed by atoms with Gasteiger partial charge in [0.05, 0.1) is 43.9 Å². The van der Waals surface area contributed by atoms with Crippen molar-refractivity contribution in [2.75, 3.05) is 0 Å². The standard InChI is InChI=1S/C36H18N2O2/c1-3-13-27-23(7-1)31-29(39-27)17-15-21-19-9-5-12-26-33(19)37(35(21)31)25-11-6-10-20-22-16-18-30-32(36(22)38(26)34(20)25)24-8-2-4-14-28(24)40-30/h1-18H. The van der Waals surface area contributed by atoms with Gasteiger partial charge < -0.3 is 17.6 Å². The molecule has 4 heteroatoms. The van der Waals surface area contributed by atoms with E-state index in [4.69, 9.17) is 8.83 Å². The number of furan rings is 2. The summed E-state index contributed by atoms with van der Waals surface area (Å²) in [6.07, 6.45) is 0. The van der Waals surface area contributed by atoms with Crippen LogP contribution in [0.5, 0.6) is 0 Å². The Bertz CT molecular complexity index is 2670. The van der Waals surface area contributed by atoms with Crippen LogP contribution in [0.3, 0.4) is 0 Å². The lowest BCUT2D eigenvalue weighted by Crippen LogP contribution is -1.97. The third-order valence-electron chi connectivity index (χ3n) is 9.02. The summed E-state index contributed by atoms with van der Waals surface area (Å²) >= 11 is 0. The molecule has 4 nitrogen and oxygen atoms in total. The molecule has 11 rings (SSSR count). The molecule has 5 aromatic heterocycles. The predicted molar refractivity (Wildman–Crippen MR) is 164 cm³/mol. The second-order valence-corrected chi connectivity index (χ2v) is 10.9. The van der Waals surface area contributed by atoms with Crippen molar-refractivity contribution >= 4 is 98.5 Å². The van der Waals surface area contributed by atoms with E-state index in [-0.39, 0.29) is 0 Å². The minimum absolute atomic E-state index is 0.916. The molecule has 0 amide bonds. The number of rotatable bonds is 0. The summed E-state index contributed by atoms with van der Waals surface area (Å²) in [6, 6.07) is 38.9. The number of fused-ring (bicyclic) bond motifs is 16. The maximum Gasteiger partial charge on any atom is 0.137 e. The normalized spacial score (nSPS) is 13.0. The van der Waals surface area contributed by atoms with E-state index in [0.29, 0.717) is 0 Å². The zero-order valence-corrected chi connectivity index (χ0v) is 21.1. The molecule has 6 aromatic carbocycles. The third-order valence-corrected chi connectivity index (χ3v) is 9.02. The first-order valence-corrected chi connectivity index (χ1v) is 13.6. The molecule has 184 valence electrons. The van der Waals surface area contributed by atoms with Crippen LogP contribution in [0, 0.1) is 0 Å². The monoisotopic (exact) mass is 510 g/mol. The maximum absolute atomic E-state index is 6.35. The van der Waals surface area contributed by atoms with E-state index in [2.05, 4.69) is 106 Å². The smallest absolute Gasteiger partial charge is 0.137 e. The Morgan fingerprint density at radius 1 is 0.325 bits per heavy atom. The quantitative estimate of drug-likeness (QED) is 0.190. The van der Waals surface area contributed by atoms with Gasteiger partial charge in [0.1, 0.15) is 22.3 Å². The summed E-state index contributed by atoms with van der Waals surface area (Å²) < 4.78 is 17.7.